The Labute approximate surface area is 98.5 Å². The van der Waals surface area contributed by atoms with E-state index >= 15 is 0 Å². The number of hydrogen-bond acceptors (Lipinski definition) is 5. The van der Waals surface area contributed by atoms with Gasteiger partial charge in [0, 0.05) is 12.2 Å². The number of aliphatic hydroxyl groups is 1. The normalized spacial score (nSPS) is 13.1. The van der Waals surface area contributed by atoms with E-state index in [0.717, 1.165) is 0 Å². The molecular weight excluding hydrogens is 246 g/mol. The average Bonchev–Trinajstić information content (AvgIpc) is 2.25. The molecule has 8 heteroatoms. The summed E-state index contributed by atoms with van der Waals surface area (Å²) in [4.78, 5) is 10.5. The van der Waals surface area contributed by atoms with Crippen LogP contribution in [0.3, 0.4) is 0 Å². The van der Waals surface area contributed by atoms with Gasteiger partial charge in [0.15, 0.2) is 0 Å². The third-order valence-electron chi connectivity index (χ3n) is 2.01. The van der Waals surface area contributed by atoms with Crippen LogP contribution in [0.5, 0.6) is 0 Å². The molecule has 17 heavy (non-hydrogen) atoms. The van der Waals surface area contributed by atoms with Crippen molar-refractivity contribution in [3.8, 4) is 0 Å². The Morgan fingerprint density at radius 2 is 1.88 bits per heavy atom. The highest BCUT2D eigenvalue weighted by Gasteiger charge is 2.10. The molecule has 0 aromatic heterocycles. The van der Waals surface area contributed by atoms with Crippen molar-refractivity contribution in [2.24, 2.45) is 10.9 Å². The van der Waals surface area contributed by atoms with E-state index in [2.05, 4.69) is 5.32 Å². The van der Waals surface area contributed by atoms with Crippen molar-refractivity contribution in [1.82, 2.24) is 0 Å². The fourth-order valence-electron chi connectivity index (χ4n) is 1.08. The Morgan fingerprint density at radius 1 is 1.35 bits per heavy atom. The van der Waals surface area contributed by atoms with Gasteiger partial charge < -0.3 is 16.2 Å². The molecule has 0 radical (unpaired) electrons. The molecule has 1 unspecified atom stereocenters. The lowest BCUT2D eigenvalue weighted by molar-refractivity contribution is -0.125. The lowest BCUT2D eigenvalue weighted by Crippen LogP contribution is -2.34. The maximum absolute atomic E-state index is 11.0. The summed E-state index contributed by atoms with van der Waals surface area (Å²) in [6.07, 6.45) is -1.30. The molecule has 0 aliphatic carbocycles. The number of rotatable bonds is 5. The SMILES string of the molecule is NC(=O)C(O)CNc1ccc(S(N)(=O)=O)cc1. The summed E-state index contributed by atoms with van der Waals surface area (Å²) >= 11 is 0. The zero-order chi connectivity index (χ0) is 13.1. The molecular formula is C9H13N3O4S. The molecule has 0 aliphatic heterocycles. The minimum absolute atomic E-state index is 0.0153. The maximum atomic E-state index is 11.0. The van der Waals surface area contributed by atoms with Crippen LogP contribution in [0.4, 0.5) is 5.69 Å². The van der Waals surface area contributed by atoms with Crippen LogP contribution in [0.25, 0.3) is 0 Å². The number of aliphatic hydroxyl groups excluding tert-OH is 1. The molecule has 94 valence electrons. The van der Waals surface area contributed by atoms with E-state index in [9.17, 15) is 13.2 Å². The van der Waals surface area contributed by atoms with Crippen LogP contribution in [0.15, 0.2) is 29.2 Å². The van der Waals surface area contributed by atoms with Crippen LogP contribution >= 0.6 is 0 Å². The monoisotopic (exact) mass is 259 g/mol. The van der Waals surface area contributed by atoms with Crippen molar-refractivity contribution < 1.29 is 18.3 Å². The minimum Gasteiger partial charge on any atom is -0.382 e. The Morgan fingerprint density at radius 3 is 2.29 bits per heavy atom. The number of carbonyl (C=O) groups is 1. The van der Waals surface area contributed by atoms with Gasteiger partial charge in [-0.1, -0.05) is 0 Å². The minimum atomic E-state index is -3.72. The van der Waals surface area contributed by atoms with Crippen molar-refractivity contribution in [3.63, 3.8) is 0 Å². The number of nitrogens with two attached hydrogens (primary N) is 2. The first-order chi connectivity index (χ1) is 7.80. The Balaban J connectivity index is 2.67. The molecule has 6 N–H and O–H groups in total. The maximum Gasteiger partial charge on any atom is 0.248 e. The van der Waals surface area contributed by atoms with Gasteiger partial charge in [0.1, 0.15) is 6.10 Å². The summed E-state index contributed by atoms with van der Waals surface area (Å²) in [5, 5.41) is 16.8. The summed E-state index contributed by atoms with van der Waals surface area (Å²) in [5.41, 5.74) is 5.40. The number of hydrogen-bond donors (Lipinski definition) is 4. The number of sulfonamides is 1. The number of primary sulfonamides is 1. The lowest BCUT2D eigenvalue weighted by Gasteiger charge is -2.09. The van der Waals surface area contributed by atoms with E-state index < -0.39 is 22.0 Å². The molecule has 0 heterocycles. The van der Waals surface area contributed by atoms with E-state index in [-0.39, 0.29) is 11.4 Å². The molecule has 0 fully saturated rings. The fourth-order valence-corrected chi connectivity index (χ4v) is 1.59. The van der Waals surface area contributed by atoms with E-state index in [0.29, 0.717) is 5.69 Å². The van der Waals surface area contributed by atoms with Crippen LogP contribution in [0.1, 0.15) is 0 Å². The van der Waals surface area contributed by atoms with Gasteiger partial charge in [0.05, 0.1) is 4.90 Å². The molecule has 1 amide bonds. The molecule has 0 saturated heterocycles. The van der Waals surface area contributed by atoms with E-state index in [4.69, 9.17) is 16.0 Å². The van der Waals surface area contributed by atoms with Crippen molar-refractivity contribution in [2.75, 3.05) is 11.9 Å². The molecule has 0 spiro atoms. The van der Waals surface area contributed by atoms with Crippen molar-refractivity contribution >= 4 is 21.6 Å². The van der Waals surface area contributed by atoms with Gasteiger partial charge in [-0.15, -0.1) is 0 Å². The van der Waals surface area contributed by atoms with E-state index in [1.54, 1.807) is 0 Å². The molecule has 1 aromatic rings. The Kier molecular flexibility index (Phi) is 4.05. The molecule has 1 rings (SSSR count). The second-order valence-electron chi connectivity index (χ2n) is 3.37. The lowest BCUT2D eigenvalue weighted by atomic mass is 10.3. The third-order valence-corrected chi connectivity index (χ3v) is 2.94. The molecule has 7 nitrogen and oxygen atoms in total. The topological polar surface area (TPSA) is 136 Å². The molecule has 0 aliphatic rings. The van der Waals surface area contributed by atoms with Crippen molar-refractivity contribution in [1.29, 1.82) is 0 Å². The van der Waals surface area contributed by atoms with Gasteiger partial charge >= 0.3 is 0 Å². The highest BCUT2D eigenvalue weighted by Crippen LogP contribution is 2.12. The van der Waals surface area contributed by atoms with Gasteiger partial charge in [0.2, 0.25) is 15.9 Å². The zero-order valence-corrected chi connectivity index (χ0v) is 9.65. The Hall–Kier alpha value is -1.64. The first-order valence-electron chi connectivity index (χ1n) is 4.65. The molecule has 0 bridgehead atoms. The largest absolute Gasteiger partial charge is 0.382 e. The summed E-state index contributed by atoms with van der Waals surface area (Å²) in [7, 11) is -3.72. The number of carbonyl (C=O) groups excluding carboxylic acids is 1. The fraction of sp³-hybridized carbons (Fsp3) is 0.222. The summed E-state index contributed by atoms with van der Waals surface area (Å²) < 4.78 is 21.9. The standard InChI is InChI=1S/C9H13N3O4S/c10-9(14)8(13)5-12-6-1-3-7(4-2-6)17(11,15)16/h1-4,8,12-13H,5H2,(H2,10,14)(H2,11,15,16). The van der Waals surface area contributed by atoms with Crippen LogP contribution in [-0.2, 0) is 14.8 Å². The van der Waals surface area contributed by atoms with Crippen molar-refractivity contribution in [3.05, 3.63) is 24.3 Å². The average molecular weight is 259 g/mol. The molecule has 1 aromatic carbocycles. The predicted octanol–water partition coefficient (Wildman–Crippen LogP) is -1.41. The third kappa shape index (κ3) is 4.02. The zero-order valence-electron chi connectivity index (χ0n) is 8.83. The van der Waals surface area contributed by atoms with Crippen LogP contribution in [0.2, 0.25) is 0 Å². The van der Waals surface area contributed by atoms with Gasteiger partial charge in [0.25, 0.3) is 0 Å². The second-order valence-corrected chi connectivity index (χ2v) is 4.93. The summed E-state index contributed by atoms with van der Waals surface area (Å²) in [5.74, 6) is -0.835. The highest BCUT2D eigenvalue weighted by molar-refractivity contribution is 7.89. The predicted molar refractivity (Wildman–Crippen MR) is 61.5 cm³/mol. The number of benzene rings is 1. The van der Waals surface area contributed by atoms with Crippen LogP contribution < -0.4 is 16.2 Å². The number of amides is 1. The van der Waals surface area contributed by atoms with Gasteiger partial charge in [-0.25, -0.2) is 13.6 Å². The van der Waals surface area contributed by atoms with E-state index in [1.165, 1.54) is 24.3 Å². The van der Waals surface area contributed by atoms with Crippen LogP contribution in [0, 0.1) is 0 Å². The second kappa shape index (κ2) is 5.13. The first kappa shape index (κ1) is 13.4. The van der Waals surface area contributed by atoms with Gasteiger partial charge in [-0.05, 0) is 24.3 Å². The number of anilines is 1. The van der Waals surface area contributed by atoms with Crippen LogP contribution in [-0.4, -0.2) is 32.1 Å². The number of nitrogens with one attached hydrogen (secondary N) is 1. The summed E-state index contributed by atoms with van der Waals surface area (Å²) in [6.45, 7) is -0.0515. The Bertz CT molecular complexity index is 497. The number of primary amides is 1. The first-order valence-corrected chi connectivity index (χ1v) is 6.19. The van der Waals surface area contributed by atoms with Gasteiger partial charge in [-0.2, -0.15) is 0 Å². The summed E-state index contributed by atoms with van der Waals surface area (Å²) in [6, 6.07) is 5.56. The van der Waals surface area contributed by atoms with Gasteiger partial charge in [-0.3, -0.25) is 4.79 Å². The highest BCUT2D eigenvalue weighted by atomic mass is 32.2. The molecule has 1 atom stereocenters. The van der Waals surface area contributed by atoms with E-state index in [1.807, 2.05) is 0 Å². The molecule has 0 saturated carbocycles. The quantitative estimate of drug-likeness (QED) is 0.515. The van der Waals surface area contributed by atoms with Crippen molar-refractivity contribution in [2.45, 2.75) is 11.0 Å². The smallest absolute Gasteiger partial charge is 0.248 e.